The molecule has 0 radical (unpaired) electrons. The van der Waals surface area contributed by atoms with Crippen LogP contribution in [0.3, 0.4) is 0 Å². The fourth-order valence-electron chi connectivity index (χ4n) is 3.32. The SMILES string of the molecule is COc1ccc2ncc(S(=O)(=O)c3ccc(F)cc3)c(N3CCOCC3)c2c1. The maximum Gasteiger partial charge on any atom is 0.210 e. The lowest BCUT2D eigenvalue weighted by molar-refractivity contribution is 0.122. The summed E-state index contributed by atoms with van der Waals surface area (Å²) in [6.45, 7) is 2.12. The van der Waals surface area contributed by atoms with Crippen molar-refractivity contribution in [3.05, 3.63) is 54.5 Å². The molecule has 1 saturated heterocycles. The van der Waals surface area contributed by atoms with Crippen molar-refractivity contribution in [1.29, 1.82) is 0 Å². The molecule has 0 spiro atoms. The molecule has 146 valence electrons. The van der Waals surface area contributed by atoms with E-state index in [2.05, 4.69) is 4.98 Å². The summed E-state index contributed by atoms with van der Waals surface area (Å²) in [7, 11) is -2.34. The minimum atomic E-state index is -3.90. The van der Waals surface area contributed by atoms with Crippen LogP contribution in [0.25, 0.3) is 10.9 Å². The second-order valence-electron chi connectivity index (χ2n) is 6.41. The van der Waals surface area contributed by atoms with Crippen LogP contribution in [-0.4, -0.2) is 46.8 Å². The number of hydrogen-bond donors (Lipinski definition) is 0. The van der Waals surface area contributed by atoms with Gasteiger partial charge in [-0.2, -0.15) is 0 Å². The van der Waals surface area contributed by atoms with Gasteiger partial charge in [-0.05, 0) is 42.5 Å². The van der Waals surface area contributed by atoms with E-state index in [0.717, 1.165) is 12.1 Å². The van der Waals surface area contributed by atoms with Crippen molar-refractivity contribution >= 4 is 26.4 Å². The van der Waals surface area contributed by atoms with Gasteiger partial charge >= 0.3 is 0 Å². The maximum absolute atomic E-state index is 13.4. The lowest BCUT2D eigenvalue weighted by Crippen LogP contribution is -2.37. The first kappa shape index (κ1) is 18.6. The van der Waals surface area contributed by atoms with Crippen LogP contribution < -0.4 is 9.64 Å². The molecule has 2 heterocycles. The van der Waals surface area contributed by atoms with Gasteiger partial charge in [0.05, 0.1) is 36.4 Å². The molecule has 1 fully saturated rings. The zero-order valence-corrected chi connectivity index (χ0v) is 16.1. The van der Waals surface area contributed by atoms with Crippen LogP contribution in [0.1, 0.15) is 0 Å². The number of nitrogens with zero attached hydrogens (tertiary/aromatic N) is 2. The molecule has 1 aliphatic rings. The summed E-state index contributed by atoms with van der Waals surface area (Å²) in [5.41, 5.74) is 1.23. The number of aromatic nitrogens is 1. The molecule has 3 aromatic rings. The molecule has 1 aromatic heterocycles. The highest BCUT2D eigenvalue weighted by Crippen LogP contribution is 2.37. The monoisotopic (exact) mass is 402 g/mol. The molecule has 4 rings (SSSR count). The number of hydrogen-bond acceptors (Lipinski definition) is 6. The van der Waals surface area contributed by atoms with Crippen molar-refractivity contribution < 1.29 is 22.3 Å². The average Bonchev–Trinajstić information content (AvgIpc) is 2.73. The van der Waals surface area contributed by atoms with Gasteiger partial charge < -0.3 is 14.4 Å². The van der Waals surface area contributed by atoms with E-state index in [9.17, 15) is 12.8 Å². The Balaban J connectivity index is 1.97. The molecular weight excluding hydrogens is 383 g/mol. The highest BCUT2D eigenvalue weighted by Gasteiger charge is 2.28. The van der Waals surface area contributed by atoms with Gasteiger partial charge in [0, 0.05) is 24.7 Å². The zero-order valence-electron chi connectivity index (χ0n) is 15.3. The van der Waals surface area contributed by atoms with Gasteiger partial charge in [0.25, 0.3) is 0 Å². The van der Waals surface area contributed by atoms with Crippen LogP contribution in [0.2, 0.25) is 0 Å². The Labute approximate surface area is 162 Å². The smallest absolute Gasteiger partial charge is 0.210 e. The van der Waals surface area contributed by atoms with E-state index >= 15 is 0 Å². The first-order valence-corrected chi connectivity index (χ1v) is 10.3. The fraction of sp³-hybridized carbons (Fsp3) is 0.250. The second kappa shape index (κ2) is 7.37. The van der Waals surface area contributed by atoms with Gasteiger partial charge in [-0.25, -0.2) is 12.8 Å². The highest BCUT2D eigenvalue weighted by molar-refractivity contribution is 7.91. The van der Waals surface area contributed by atoms with Crippen molar-refractivity contribution in [2.75, 3.05) is 38.3 Å². The minimum absolute atomic E-state index is 0.0208. The van der Waals surface area contributed by atoms with Gasteiger partial charge in [-0.15, -0.1) is 0 Å². The van der Waals surface area contributed by atoms with Crippen LogP contribution in [-0.2, 0) is 14.6 Å². The third kappa shape index (κ3) is 3.29. The number of fused-ring (bicyclic) bond motifs is 1. The Bertz CT molecular complexity index is 1110. The number of sulfone groups is 1. The number of methoxy groups -OCH3 is 1. The molecule has 8 heteroatoms. The number of rotatable bonds is 4. The van der Waals surface area contributed by atoms with Gasteiger partial charge in [0.15, 0.2) is 0 Å². The van der Waals surface area contributed by atoms with Gasteiger partial charge in [0.2, 0.25) is 9.84 Å². The molecule has 28 heavy (non-hydrogen) atoms. The summed E-state index contributed by atoms with van der Waals surface area (Å²) in [4.78, 5) is 6.45. The van der Waals surface area contributed by atoms with E-state index in [0.29, 0.717) is 48.6 Å². The van der Waals surface area contributed by atoms with Crippen LogP contribution in [0.15, 0.2) is 58.5 Å². The normalized spacial score (nSPS) is 15.0. The lowest BCUT2D eigenvalue weighted by Gasteiger charge is -2.31. The Kier molecular flexibility index (Phi) is 4.91. The quantitative estimate of drug-likeness (QED) is 0.625. The number of pyridine rings is 1. The van der Waals surface area contributed by atoms with Gasteiger partial charge in [-0.1, -0.05) is 0 Å². The van der Waals surface area contributed by atoms with E-state index in [4.69, 9.17) is 9.47 Å². The summed E-state index contributed by atoms with van der Waals surface area (Å²) in [5.74, 6) is 0.119. The standard InChI is InChI=1S/C20H19FN2O4S/c1-26-15-4-7-18-17(12-15)20(23-8-10-27-11-9-23)19(13-22-18)28(24,25)16-5-2-14(21)3-6-16/h2-7,12-13H,8-11H2,1H3. The van der Waals surface area contributed by atoms with Crippen molar-refractivity contribution in [1.82, 2.24) is 4.98 Å². The molecule has 0 N–H and O–H groups in total. The Morgan fingerprint density at radius 2 is 1.82 bits per heavy atom. The summed E-state index contributed by atoms with van der Waals surface area (Å²) >= 11 is 0. The molecular formula is C20H19FN2O4S. The fourth-order valence-corrected chi connectivity index (χ4v) is 4.75. The average molecular weight is 402 g/mol. The second-order valence-corrected chi connectivity index (χ2v) is 8.33. The lowest BCUT2D eigenvalue weighted by atomic mass is 10.1. The maximum atomic E-state index is 13.4. The van der Waals surface area contributed by atoms with Crippen molar-refractivity contribution in [2.24, 2.45) is 0 Å². The van der Waals surface area contributed by atoms with Crippen LogP contribution in [0.4, 0.5) is 10.1 Å². The number of benzene rings is 2. The summed E-state index contributed by atoms with van der Waals surface area (Å²) in [5, 5.41) is 0.685. The first-order valence-electron chi connectivity index (χ1n) is 8.81. The Morgan fingerprint density at radius 1 is 1.11 bits per heavy atom. The predicted molar refractivity (Wildman–Crippen MR) is 103 cm³/mol. The third-order valence-corrected chi connectivity index (χ3v) is 6.52. The van der Waals surface area contributed by atoms with E-state index in [1.807, 2.05) is 4.90 Å². The van der Waals surface area contributed by atoms with Gasteiger partial charge in [0.1, 0.15) is 16.5 Å². The molecule has 0 bridgehead atoms. The molecule has 1 aliphatic heterocycles. The molecule has 0 saturated carbocycles. The van der Waals surface area contributed by atoms with Gasteiger partial charge in [-0.3, -0.25) is 4.98 Å². The minimum Gasteiger partial charge on any atom is -0.497 e. The number of anilines is 1. The van der Waals surface area contributed by atoms with Crippen molar-refractivity contribution in [3.8, 4) is 5.75 Å². The Hall–Kier alpha value is -2.71. The molecule has 0 amide bonds. The Morgan fingerprint density at radius 3 is 2.50 bits per heavy atom. The topological polar surface area (TPSA) is 68.7 Å². The van der Waals surface area contributed by atoms with Crippen LogP contribution in [0, 0.1) is 5.82 Å². The first-order chi connectivity index (χ1) is 13.5. The summed E-state index contributed by atoms with van der Waals surface area (Å²) in [6.07, 6.45) is 1.37. The van der Waals surface area contributed by atoms with E-state index in [1.54, 1.807) is 25.3 Å². The van der Waals surface area contributed by atoms with E-state index < -0.39 is 15.7 Å². The zero-order chi connectivity index (χ0) is 19.7. The molecule has 2 aromatic carbocycles. The van der Waals surface area contributed by atoms with Crippen LogP contribution >= 0.6 is 0 Å². The summed E-state index contributed by atoms with van der Waals surface area (Å²) in [6, 6.07) is 10.2. The number of halogens is 1. The van der Waals surface area contributed by atoms with E-state index in [-0.39, 0.29) is 9.79 Å². The third-order valence-electron chi connectivity index (χ3n) is 4.75. The predicted octanol–water partition coefficient (Wildman–Crippen LogP) is 3.05. The summed E-state index contributed by atoms with van der Waals surface area (Å²) < 4.78 is 50.8. The molecule has 0 aliphatic carbocycles. The number of ether oxygens (including phenoxy) is 2. The molecule has 0 unspecified atom stereocenters. The number of morpholine rings is 1. The highest BCUT2D eigenvalue weighted by atomic mass is 32.2. The molecule has 0 atom stereocenters. The largest absolute Gasteiger partial charge is 0.497 e. The van der Waals surface area contributed by atoms with E-state index in [1.165, 1.54) is 18.3 Å². The van der Waals surface area contributed by atoms with Crippen LogP contribution in [0.5, 0.6) is 5.75 Å². The van der Waals surface area contributed by atoms with Crippen molar-refractivity contribution in [2.45, 2.75) is 9.79 Å². The van der Waals surface area contributed by atoms with Crippen molar-refractivity contribution in [3.63, 3.8) is 0 Å². The molecule has 6 nitrogen and oxygen atoms in total.